The van der Waals surface area contributed by atoms with E-state index in [4.69, 9.17) is 14.6 Å². The molecule has 0 aliphatic carbocycles. The number of alkyl halides is 3. The van der Waals surface area contributed by atoms with E-state index in [9.17, 15) is 13.2 Å². The third-order valence-corrected chi connectivity index (χ3v) is 5.45. The van der Waals surface area contributed by atoms with Gasteiger partial charge in [-0.1, -0.05) is 6.07 Å². The number of hydrogen-bond acceptors (Lipinski definition) is 7. The molecule has 0 amide bonds. The summed E-state index contributed by atoms with van der Waals surface area (Å²) in [5, 5.41) is 10.5. The summed E-state index contributed by atoms with van der Waals surface area (Å²) in [5.41, 5.74) is 2.26. The summed E-state index contributed by atoms with van der Waals surface area (Å²) < 4.78 is 38.0. The number of nitrogens with zero attached hydrogens (tertiary/aromatic N) is 4. The van der Waals surface area contributed by atoms with Crippen LogP contribution in [0.3, 0.4) is 0 Å². The van der Waals surface area contributed by atoms with Crippen molar-refractivity contribution in [2.75, 3.05) is 25.0 Å². The highest BCUT2D eigenvalue weighted by molar-refractivity contribution is 5.73. The summed E-state index contributed by atoms with van der Waals surface area (Å²) in [4.78, 5) is 24.5. The number of hydrogen-bond donors (Lipinski definition) is 2. The van der Waals surface area contributed by atoms with Crippen LogP contribution in [0.1, 0.15) is 30.7 Å². The Labute approximate surface area is 183 Å². The molecule has 4 heterocycles. The minimum Gasteiger partial charge on any atom is -0.475 e. The number of aliphatic carboxylic acids is 1. The Bertz CT molecular complexity index is 890. The number of aryl methyl sites for hydroxylation is 1. The molecule has 32 heavy (non-hydrogen) atoms. The molecule has 8 nitrogen and oxygen atoms in total. The molecule has 2 fully saturated rings. The normalized spacial score (nSPS) is 20.4. The number of pyridine rings is 1. The van der Waals surface area contributed by atoms with Crippen LogP contribution in [0.15, 0.2) is 36.7 Å². The zero-order valence-corrected chi connectivity index (χ0v) is 17.7. The van der Waals surface area contributed by atoms with Gasteiger partial charge in [0.2, 0.25) is 5.95 Å². The van der Waals surface area contributed by atoms with E-state index < -0.39 is 12.1 Å². The molecule has 0 saturated carbocycles. The lowest BCUT2D eigenvalue weighted by Gasteiger charge is -2.38. The van der Waals surface area contributed by atoms with Crippen molar-refractivity contribution in [3.63, 3.8) is 0 Å². The number of aromatic nitrogens is 3. The minimum atomic E-state index is -5.08. The number of nitrogens with one attached hydrogen (secondary N) is 1. The Kier molecular flexibility index (Phi) is 7.62. The smallest absolute Gasteiger partial charge is 0.475 e. The van der Waals surface area contributed by atoms with Gasteiger partial charge in [-0.25, -0.2) is 14.8 Å². The van der Waals surface area contributed by atoms with Gasteiger partial charge in [-0.3, -0.25) is 9.88 Å². The van der Waals surface area contributed by atoms with Crippen LogP contribution in [0.4, 0.5) is 19.1 Å². The van der Waals surface area contributed by atoms with Gasteiger partial charge in [0.05, 0.1) is 23.9 Å². The molecule has 2 saturated heterocycles. The molecular formula is C21H26F3N5O3. The highest BCUT2D eigenvalue weighted by atomic mass is 19.4. The molecule has 0 aromatic carbocycles. The Morgan fingerprint density at radius 3 is 2.50 bits per heavy atom. The second kappa shape index (κ2) is 10.2. The first-order valence-corrected chi connectivity index (χ1v) is 10.3. The van der Waals surface area contributed by atoms with Crippen LogP contribution in [0.2, 0.25) is 0 Å². The lowest BCUT2D eigenvalue weighted by atomic mass is 9.87. The van der Waals surface area contributed by atoms with E-state index in [0.717, 1.165) is 56.9 Å². The van der Waals surface area contributed by atoms with Crippen LogP contribution in [0, 0.1) is 6.92 Å². The second-order valence-corrected chi connectivity index (χ2v) is 7.96. The first kappa shape index (κ1) is 23.9. The number of ether oxygens (including phenoxy) is 1. The molecule has 0 radical (unpaired) electrons. The molecule has 0 bridgehead atoms. The average molecular weight is 453 g/mol. The molecule has 2 aromatic rings. The van der Waals surface area contributed by atoms with E-state index in [1.807, 2.05) is 19.1 Å². The summed E-state index contributed by atoms with van der Waals surface area (Å²) in [6.45, 7) is 5.83. The summed E-state index contributed by atoms with van der Waals surface area (Å²) in [6, 6.07) is 8.38. The van der Waals surface area contributed by atoms with Gasteiger partial charge in [0.25, 0.3) is 0 Å². The number of rotatable bonds is 4. The van der Waals surface area contributed by atoms with E-state index in [1.54, 1.807) is 12.4 Å². The van der Waals surface area contributed by atoms with Gasteiger partial charge in [0, 0.05) is 37.7 Å². The molecule has 4 rings (SSSR count). The monoisotopic (exact) mass is 453 g/mol. The fourth-order valence-corrected chi connectivity index (χ4v) is 3.88. The van der Waals surface area contributed by atoms with Gasteiger partial charge in [-0.2, -0.15) is 13.2 Å². The molecular weight excluding hydrogens is 427 g/mol. The predicted octanol–water partition coefficient (Wildman–Crippen LogP) is 3.05. The van der Waals surface area contributed by atoms with Crippen LogP contribution in [-0.4, -0.2) is 68.4 Å². The fraction of sp³-hybridized carbons (Fsp3) is 0.524. The Morgan fingerprint density at radius 2 is 1.91 bits per heavy atom. The summed E-state index contributed by atoms with van der Waals surface area (Å²) in [7, 11) is 0. The van der Waals surface area contributed by atoms with Gasteiger partial charge in [0.15, 0.2) is 0 Å². The van der Waals surface area contributed by atoms with Crippen LogP contribution < -0.4 is 5.32 Å². The molecule has 2 aromatic heterocycles. The summed E-state index contributed by atoms with van der Waals surface area (Å²) >= 11 is 0. The number of piperidine rings is 1. The van der Waals surface area contributed by atoms with Crippen molar-refractivity contribution in [2.45, 2.75) is 50.6 Å². The van der Waals surface area contributed by atoms with Crippen LogP contribution >= 0.6 is 0 Å². The maximum Gasteiger partial charge on any atom is 0.490 e. The number of carbonyl (C=O) groups is 1. The Balaban J connectivity index is 0.000000360. The standard InChI is InChI=1S/C19H25N5O.C2HF3O2/c1-15-4-2-5-16(22-15)13-24-10-6-19(7-11-24)12-17(14-25-19)23-18-20-8-3-9-21-18;3-2(4,5)1(6)7/h2-5,8-9,17H,6-7,10-14H2,1H3,(H,20,21,23);(H,6,7). The van der Waals surface area contributed by atoms with Crippen molar-refractivity contribution in [1.82, 2.24) is 19.9 Å². The van der Waals surface area contributed by atoms with E-state index in [2.05, 4.69) is 37.3 Å². The zero-order valence-electron chi connectivity index (χ0n) is 17.7. The molecule has 1 spiro atoms. The third-order valence-electron chi connectivity index (χ3n) is 5.45. The van der Waals surface area contributed by atoms with Gasteiger partial charge in [0.1, 0.15) is 0 Å². The predicted molar refractivity (Wildman–Crippen MR) is 110 cm³/mol. The molecule has 1 atom stereocenters. The molecule has 2 N–H and O–H groups in total. The summed E-state index contributed by atoms with van der Waals surface area (Å²) in [5.74, 6) is -2.07. The average Bonchev–Trinajstić information content (AvgIpc) is 3.12. The Morgan fingerprint density at radius 1 is 1.25 bits per heavy atom. The maximum absolute atomic E-state index is 10.6. The number of likely N-dealkylation sites (tertiary alicyclic amines) is 1. The molecule has 2 aliphatic rings. The zero-order chi connectivity index (χ0) is 23.2. The first-order chi connectivity index (χ1) is 15.2. The van der Waals surface area contributed by atoms with Crippen molar-refractivity contribution in [3.8, 4) is 0 Å². The van der Waals surface area contributed by atoms with Gasteiger partial charge < -0.3 is 15.2 Å². The van der Waals surface area contributed by atoms with Crippen LogP contribution in [-0.2, 0) is 16.1 Å². The lowest BCUT2D eigenvalue weighted by molar-refractivity contribution is -0.192. The highest BCUT2D eigenvalue weighted by Gasteiger charge is 2.43. The van der Waals surface area contributed by atoms with Crippen molar-refractivity contribution < 1.29 is 27.8 Å². The van der Waals surface area contributed by atoms with E-state index in [1.165, 1.54) is 0 Å². The molecule has 174 valence electrons. The number of carboxylic acids is 1. The molecule has 11 heteroatoms. The van der Waals surface area contributed by atoms with Crippen molar-refractivity contribution in [2.24, 2.45) is 0 Å². The van der Waals surface area contributed by atoms with E-state index >= 15 is 0 Å². The van der Waals surface area contributed by atoms with E-state index in [0.29, 0.717) is 12.0 Å². The topological polar surface area (TPSA) is 100 Å². The number of carboxylic acid groups (broad SMARTS) is 1. The lowest BCUT2D eigenvalue weighted by Crippen LogP contribution is -2.44. The molecule has 1 unspecified atom stereocenters. The Hall–Kier alpha value is -2.79. The van der Waals surface area contributed by atoms with Gasteiger partial charge >= 0.3 is 12.1 Å². The number of anilines is 1. The van der Waals surface area contributed by atoms with Gasteiger partial charge in [-0.05, 0) is 44.4 Å². The third kappa shape index (κ3) is 6.86. The maximum atomic E-state index is 10.6. The molecule has 2 aliphatic heterocycles. The second-order valence-electron chi connectivity index (χ2n) is 7.96. The fourth-order valence-electron chi connectivity index (χ4n) is 3.88. The van der Waals surface area contributed by atoms with E-state index in [-0.39, 0.29) is 5.60 Å². The minimum absolute atomic E-state index is 0.0168. The largest absolute Gasteiger partial charge is 0.490 e. The van der Waals surface area contributed by atoms with Crippen molar-refractivity contribution in [1.29, 1.82) is 0 Å². The van der Waals surface area contributed by atoms with Crippen molar-refractivity contribution in [3.05, 3.63) is 48.0 Å². The van der Waals surface area contributed by atoms with Crippen molar-refractivity contribution >= 4 is 11.9 Å². The number of halogens is 3. The SMILES string of the molecule is Cc1cccc(CN2CCC3(CC2)CC(Nc2ncccn2)CO3)n1.O=C(O)C(F)(F)F. The summed E-state index contributed by atoms with van der Waals surface area (Å²) in [6.07, 6.45) is 1.62. The van der Waals surface area contributed by atoms with Crippen LogP contribution in [0.25, 0.3) is 0 Å². The first-order valence-electron chi connectivity index (χ1n) is 10.3. The highest BCUT2D eigenvalue weighted by Crippen LogP contribution is 2.36. The van der Waals surface area contributed by atoms with Crippen LogP contribution in [0.5, 0.6) is 0 Å². The quantitative estimate of drug-likeness (QED) is 0.729. The van der Waals surface area contributed by atoms with Gasteiger partial charge in [-0.15, -0.1) is 0 Å².